The summed E-state index contributed by atoms with van der Waals surface area (Å²) in [5.41, 5.74) is 0.634. The molecule has 1 aromatic carbocycles. The van der Waals surface area contributed by atoms with Crippen molar-refractivity contribution in [2.24, 2.45) is 0 Å². The molecule has 0 fully saturated rings. The minimum atomic E-state index is -2.74. The lowest BCUT2D eigenvalue weighted by atomic mass is 9.96. The summed E-state index contributed by atoms with van der Waals surface area (Å²) in [6.07, 6.45) is 5.13. The highest BCUT2D eigenvalue weighted by Crippen LogP contribution is 2.30. The molecule has 2 aromatic heterocycles. The number of pyridine rings is 1. The summed E-state index contributed by atoms with van der Waals surface area (Å²) in [6, 6.07) is 9.21. The van der Waals surface area contributed by atoms with Crippen LogP contribution >= 0.6 is 0 Å². The van der Waals surface area contributed by atoms with Crippen molar-refractivity contribution in [3.63, 3.8) is 0 Å². The molecule has 0 bridgehead atoms. The smallest absolute Gasteiger partial charge is 0.336 e. The van der Waals surface area contributed by atoms with Gasteiger partial charge in [0.2, 0.25) is 5.95 Å². The summed E-state index contributed by atoms with van der Waals surface area (Å²) in [5.74, 6) is -3.28. The Kier molecular flexibility index (Phi) is 14.1. The van der Waals surface area contributed by atoms with E-state index in [0.29, 0.717) is 23.9 Å². The van der Waals surface area contributed by atoms with E-state index in [2.05, 4.69) is 44.2 Å². The lowest BCUT2D eigenvalue weighted by Crippen LogP contribution is -2.42. The number of nitrogens with zero attached hydrogens (tertiary/aromatic N) is 3. The molecule has 2 amide bonds. The Bertz CT molecular complexity index is 1470. The maximum Gasteiger partial charge on any atom is 0.336 e. The molecule has 16 heteroatoms. The van der Waals surface area contributed by atoms with Gasteiger partial charge in [0.1, 0.15) is 11.6 Å². The van der Waals surface area contributed by atoms with Gasteiger partial charge in [-0.05, 0) is 44.0 Å². The van der Waals surface area contributed by atoms with Gasteiger partial charge in [-0.25, -0.2) is 14.6 Å². The van der Waals surface area contributed by atoms with Crippen LogP contribution in [0.1, 0.15) is 56.7 Å². The fraction of sp³-hybridized carbons (Fsp3) is 0.367. The SMILES string of the molecule is CCC[C@H](Nc1nc(Nc2ccc(NC(=O)NCC)c(OC)c2)ncc1C)c1cccnc1.O=C(O)CC(O)(CC(=O)O)C(=O)O. The number of anilines is 4. The van der Waals surface area contributed by atoms with Crippen LogP contribution in [-0.2, 0) is 14.4 Å². The van der Waals surface area contributed by atoms with Crippen molar-refractivity contribution in [1.29, 1.82) is 0 Å². The van der Waals surface area contributed by atoms with Gasteiger partial charge in [-0.15, -0.1) is 0 Å². The third kappa shape index (κ3) is 11.5. The van der Waals surface area contributed by atoms with Crippen molar-refractivity contribution >= 4 is 47.1 Å². The molecule has 0 saturated carbocycles. The number of nitrogens with one attached hydrogen (secondary N) is 4. The highest BCUT2D eigenvalue weighted by molar-refractivity contribution is 5.91. The van der Waals surface area contributed by atoms with Crippen LogP contribution < -0.4 is 26.0 Å². The summed E-state index contributed by atoms with van der Waals surface area (Å²) >= 11 is 0. The number of aromatic nitrogens is 3. The first-order valence-corrected chi connectivity index (χ1v) is 14.2. The average molecular weight is 642 g/mol. The fourth-order valence-corrected chi connectivity index (χ4v) is 4.05. The van der Waals surface area contributed by atoms with Crippen molar-refractivity contribution in [2.45, 2.75) is 58.1 Å². The van der Waals surface area contributed by atoms with Gasteiger partial charge in [-0.3, -0.25) is 14.6 Å². The van der Waals surface area contributed by atoms with E-state index in [-0.39, 0.29) is 12.1 Å². The molecule has 0 unspecified atom stereocenters. The molecular weight excluding hydrogens is 602 g/mol. The molecule has 0 aliphatic carbocycles. The molecule has 0 aliphatic heterocycles. The van der Waals surface area contributed by atoms with Gasteiger partial charge < -0.3 is 46.4 Å². The summed E-state index contributed by atoms with van der Waals surface area (Å²) < 4.78 is 5.43. The van der Waals surface area contributed by atoms with Crippen LogP contribution in [0.4, 0.5) is 27.9 Å². The number of rotatable bonds is 15. The lowest BCUT2D eigenvalue weighted by Gasteiger charge is -2.20. The third-order valence-corrected chi connectivity index (χ3v) is 6.28. The molecule has 0 saturated heterocycles. The Balaban J connectivity index is 0.000000479. The van der Waals surface area contributed by atoms with Crippen molar-refractivity contribution in [3.8, 4) is 5.75 Å². The highest BCUT2D eigenvalue weighted by atomic mass is 16.5. The monoisotopic (exact) mass is 641 g/mol. The number of aryl methyl sites for hydroxylation is 1. The molecule has 16 nitrogen and oxygen atoms in total. The van der Waals surface area contributed by atoms with E-state index in [1.54, 1.807) is 31.6 Å². The first kappa shape index (κ1) is 36.7. The summed E-state index contributed by atoms with van der Waals surface area (Å²) in [4.78, 5) is 55.7. The second-order valence-corrected chi connectivity index (χ2v) is 10.00. The summed E-state index contributed by atoms with van der Waals surface area (Å²) in [6.45, 7) is 6.52. The zero-order valence-corrected chi connectivity index (χ0v) is 25.9. The van der Waals surface area contributed by atoms with E-state index < -0.39 is 36.4 Å². The Morgan fingerprint density at radius 2 is 1.72 bits per heavy atom. The zero-order valence-electron chi connectivity index (χ0n) is 25.9. The maximum atomic E-state index is 11.8. The number of ether oxygens (including phenoxy) is 1. The van der Waals surface area contributed by atoms with E-state index in [1.165, 1.54) is 0 Å². The predicted molar refractivity (Wildman–Crippen MR) is 168 cm³/mol. The minimum absolute atomic E-state index is 0.102. The summed E-state index contributed by atoms with van der Waals surface area (Å²) in [7, 11) is 1.55. The molecule has 3 rings (SSSR count). The standard InChI is InChI=1S/C24H31N7O2.C6H8O7/c1-5-8-19(17-9-7-12-25-15-17)29-22-16(3)14-27-23(31-22)28-18-10-11-20(21(13-18)33-4)30-24(32)26-6-2;7-3(8)1-6(13,5(11)12)2-4(9)10/h7,9-15,19H,5-6,8H2,1-4H3,(H2,26,30,32)(H2,27,28,29,31);13H,1-2H2,(H,7,8)(H,9,10)(H,11,12)/t19-;/m0./s1. The normalized spacial score (nSPS) is 11.2. The molecule has 8 N–H and O–H groups in total. The number of amides is 2. The number of hydrogen-bond acceptors (Lipinski definition) is 11. The van der Waals surface area contributed by atoms with Crippen molar-refractivity contribution in [2.75, 3.05) is 29.6 Å². The first-order chi connectivity index (χ1) is 21.8. The second kappa shape index (κ2) is 17.7. The van der Waals surface area contributed by atoms with Crippen LogP contribution in [-0.4, -0.2) is 78.6 Å². The van der Waals surface area contributed by atoms with E-state index in [1.807, 2.05) is 32.2 Å². The van der Waals surface area contributed by atoms with Gasteiger partial charge in [0, 0.05) is 42.5 Å². The molecule has 248 valence electrons. The number of aliphatic carboxylic acids is 3. The Labute approximate surface area is 265 Å². The van der Waals surface area contributed by atoms with Crippen LogP contribution in [0.2, 0.25) is 0 Å². The predicted octanol–water partition coefficient (Wildman–Crippen LogP) is 3.78. The lowest BCUT2D eigenvalue weighted by molar-refractivity contribution is -0.170. The number of hydrogen-bond donors (Lipinski definition) is 8. The molecule has 2 heterocycles. The molecule has 0 radical (unpaired) electrons. The van der Waals surface area contributed by atoms with Crippen LogP contribution in [0.15, 0.2) is 48.9 Å². The Hall–Kier alpha value is -5.51. The third-order valence-electron chi connectivity index (χ3n) is 6.28. The number of carboxylic acid groups (broad SMARTS) is 3. The molecule has 3 aromatic rings. The van der Waals surface area contributed by atoms with Gasteiger partial charge in [-0.2, -0.15) is 4.98 Å². The number of carboxylic acids is 3. The number of urea groups is 1. The van der Waals surface area contributed by atoms with E-state index in [9.17, 15) is 19.2 Å². The second-order valence-electron chi connectivity index (χ2n) is 10.00. The average Bonchev–Trinajstić information content (AvgIpc) is 2.99. The van der Waals surface area contributed by atoms with Gasteiger partial charge in [-0.1, -0.05) is 19.4 Å². The molecular formula is C30H39N7O9. The highest BCUT2D eigenvalue weighted by Gasteiger charge is 2.40. The number of carbonyl (C=O) groups excluding carboxylic acids is 1. The summed E-state index contributed by atoms with van der Waals surface area (Å²) in [5, 5.41) is 46.0. The Morgan fingerprint density at radius 1 is 1.02 bits per heavy atom. The number of benzene rings is 1. The number of carbonyl (C=O) groups is 4. The van der Waals surface area contributed by atoms with Crippen molar-refractivity contribution < 1.29 is 44.3 Å². The van der Waals surface area contributed by atoms with E-state index >= 15 is 0 Å². The largest absolute Gasteiger partial charge is 0.494 e. The minimum Gasteiger partial charge on any atom is -0.494 e. The quantitative estimate of drug-likeness (QED) is 0.118. The van der Waals surface area contributed by atoms with Crippen molar-refractivity contribution in [1.82, 2.24) is 20.3 Å². The fourth-order valence-electron chi connectivity index (χ4n) is 4.05. The van der Waals surface area contributed by atoms with E-state index in [0.717, 1.165) is 35.5 Å². The van der Waals surface area contributed by atoms with Crippen LogP contribution in [0, 0.1) is 6.92 Å². The number of aliphatic hydroxyl groups is 1. The molecule has 0 aliphatic rings. The zero-order chi connectivity index (χ0) is 34.3. The van der Waals surface area contributed by atoms with Gasteiger partial charge in [0.05, 0.1) is 31.7 Å². The Morgan fingerprint density at radius 3 is 2.26 bits per heavy atom. The van der Waals surface area contributed by atoms with Gasteiger partial charge in [0.15, 0.2) is 5.60 Å². The number of methoxy groups -OCH3 is 1. The van der Waals surface area contributed by atoms with Crippen molar-refractivity contribution in [3.05, 3.63) is 60.0 Å². The van der Waals surface area contributed by atoms with Gasteiger partial charge in [0.25, 0.3) is 0 Å². The first-order valence-electron chi connectivity index (χ1n) is 14.2. The van der Waals surface area contributed by atoms with Crippen LogP contribution in [0.25, 0.3) is 0 Å². The van der Waals surface area contributed by atoms with E-state index in [4.69, 9.17) is 30.1 Å². The maximum absolute atomic E-state index is 11.8. The molecule has 0 spiro atoms. The molecule has 1 atom stereocenters. The topological polar surface area (TPSA) is 245 Å². The van der Waals surface area contributed by atoms with Crippen LogP contribution in [0.3, 0.4) is 0 Å². The van der Waals surface area contributed by atoms with Gasteiger partial charge >= 0.3 is 23.9 Å². The van der Waals surface area contributed by atoms with Crippen LogP contribution in [0.5, 0.6) is 5.75 Å². The molecule has 46 heavy (non-hydrogen) atoms.